The number of carbonyl (C=O) groups is 1. The third-order valence-corrected chi connectivity index (χ3v) is 3.69. The van der Waals surface area contributed by atoms with Gasteiger partial charge >= 0.3 is 6.09 Å². The molecule has 0 aliphatic rings. The number of carbonyl (C=O) groups excluding carboxylic acids is 1. The largest absolute Gasteiger partial charge is 0.444 e. The SMILES string of the molecule is C=CCN(C(=O)OC(C)(C)C)C(C)c1cccc2ccccc12. The van der Waals surface area contributed by atoms with Crippen LogP contribution in [0.1, 0.15) is 39.3 Å². The molecule has 3 heteroatoms. The van der Waals surface area contributed by atoms with E-state index in [0.717, 1.165) is 10.9 Å². The van der Waals surface area contributed by atoms with E-state index in [2.05, 4.69) is 30.8 Å². The molecule has 0 aliphatic heterocycles. The van der Waals surface area contributed by atoms with Gasteiger partial charge in [0.1, 0.15) is 5.60 Å². The summed E-state index contributed by atoms with van der Waals surface area (Å²) in [6, 6.07) is 14.3. The Balaban J connectivity index is 2.38. The van der Waals surface area contributed by atoms with Crippen LogP contribution in [0.15, 0.2) is 55.1 Å². The van der Waals surface area contributed by atoms with Crippen LogP contribution in [0.25, 0.3) is 10.8 Å². The molecular weight excluding hydrogens is 286 g/mol. The second kappa shape index (κ2) is 6.86. The summed E-state index contributed by atoms with van der Waals surface area (Å²) in [6.45, 7) is 11.9. The van der Waals surface area contributed by atoms with Crippen LogP contribution in [-0.4, -0.2) is 23.1 Å². The second-order valence-electron chi connectivity index (χ2n) is 6.67. The van der Waals surface area contributed by atoms with Crippen LogP contribution >= 0.6 is 0 Å². The summed E-state index contributed by atoms with van der Waals surface area (Å²) in [5.41, 5.74) is 0.588. The molecule has 1 amide bonds. The molecule has 1 unspecified atom stereocenters. The Morgan fingerprint density at radius 1 is 1.22 bits per heavy atom. The van der Waals surface area contributed by atoms with Crippen LogP contribution < -0.4 is 0 Å². The van der Waals surface area contributed by atoms with Crippen LogP contribution in [0.4, 0.5) is 4.79 Å². The zero-order valence-electron chi connectivity index (χ0n) is 14.4. The molecule has 1 atom stereocenters. The summed E-state index contributed by atoms with van der Waals surface area (Å²) in [5, 5.41) is 2.32. The number of hydrogen-bond donors (Lipinski definition) is 0. The fraction of sp³-hybridized carbons (Fsp3) is 0.350. The highest BCUT2D eigenvalue weighted by Gasteiger charge is 2.26. The molecule has 0 bridgehead atoms. The molecule has 0 saturated heterocycles. The van der Waals surface area contributed by atoms with Crippen molar-refractivity contribution in [2.75, 3.05) is 6.54 Å². The van der Waals surface area contributed by atoms with E-state index in [-0.39, 0.29) is 12.1 Å². The fourth-order valence-electron chi connectivity index (χ4n) is 2.63. The van der Waals surface area contributed by atoms with Gasteiger partial charge in [-0.1, -0.05) is 48.5 Å². The monoisotopic (exact) mass is 311 g/mol. The molecular formula is C20H25NO2. The minimum absolute atomic E-state index is 0.103. The Morgan fingerprint density at radius 2 is 1.87 bits per heavy atom. The van der Waals surface area contributed by atoms with Gasteiger partial charge in [-0.05, 0) is 44.0 Å². The summed E-state index contributed by atoms with van der Waals surface area (Å²) in [4.78, 5) is 14.3. The van der Waals surface area contributed by atoms with E-state index in [1.165, 1.54) is 5.39 Å². The van der Waals surface area contributed by atoms with Gasteiger partial charge in [-0.25, -0.2) is 4.79 Å². The van der Waals surface area contributed by atoms with Crippen LogP contribution in [0, 0.1) is 0 Å². The highest BCUT2D eigenvalue weighted by atomic mass is 16.6. The highest BCUT2D eigenvalue weighted by molar-refractivity contribution is 5.86. The van der Waals surface area contributed by atoms with E-state index in [0.29, 0.717) is 6.54 Å². The van der Waals surface area contributed by atoms with Crippen molar-refractivity contribution >= 4 is 16.9 Å². The van der Waals surface area contributed by atoms with Gasteiger partial charge in [0.2, 0.25) is 0 Å². The molecule has 0 N–H and O–H groups in total. The van der Waals surface area contributed by atoms with Crippen molar-refractivity contribution in [1.29, 1.82) is 0 Å². The molecule has 3 nitrogen and oxygen atoms in total. The van der Waals surface area contributed by atoms with Gasteiger partial charge < -0.3 is 4.74 Å². The lowest BCUT2D eigenvalue weighted by Gasteiger charge is -2.31. The standard InChI is InChI=1S/C20H25NO2/c1-6-14-21(19(22)23-20(3,4)5)15(2)17-13-9-11-16-10-7-8-12-18(16)17/h6-13,15H,1,14H2,2-5H3. The smallest absolute Gasteiger partial charge is 0.411 e. The van der Waals surface area contributed by atoms with Gasteiger partial charge in [0.15, 0.2) is 0 Å². The molecule has 2 aromatic carbocycles. The number of benzene rings is 2. The second-order valence-corrected chi connectivity index (χ2v) is 6.67. The summed E-state index contributed by atoms with van der Waals surface area (Å²) < 4.78 is 5.55. The van der Waals surface area contributed by atoms with Crippen LogP contribution in [0.5, 0.6) is 0 Å². The van der Waals surface area contributed by atoms with E-state index in [1.54, 1.807) is 11.0 Å². The number of hydrogen-bond acceptors (Lipinski definition) is 2. The average Bonchev–Trinajstić information content (AvgIpc) is 2.49. The first-order valence-electron chi connectivity index (χ1n) is 7.91. The van der Waals surface area contributed by atoms with Gasteiger partial charge in [0.05, 0.1) is 6.04 Å². The number of amides is 1. The first-order valence-corrected chi connectivity index (χ1v) is 7.91. The topological polar surface area (TPSA) is 29.5 Å². The molecule has 2 aromatic rings. The van der Waals surface area contributed by atoms with Gasteiger partial charge in [-0.3, -0.25) is 4.90 Å². The van der Waals surface area contributed by atoms with Crippen LogP contribution in [0.2, 0.25) is 0 Å². The Bertz CT molecular complexity index is 695. The number of fused-ring (bicyclic) bond motifs is 1. The van der Waals surface area contributed by atoms with Crippen molar-refractivity contribution in [3.05, 3.63) is 60.7 Å². The van der Waals surface area contributed by atoms with Crippen molar-refractivity contribution in [3.8, 4) is 0 Å². The Labute approximate surface area is 138 Å². The molecule has 0 spiro atoms. The molecule has 122 valence electrons. The van der Waals surface area contributed by atoms with Crippen LogP contribution in [-0.2, 0) is 4.74 Å². The number of rotatable bonds is 4. The Kier molecular flexibility index (Phi) is 5.09. The van der Waals surface area contributed by atoms with Gasteiger partial charge in [-0.15, -0.1) is 6.58 Å². The van der Waals surface area contributed by atoms with E-state index >= 15 is 0 Å². The van der Waals surface area contributed by atoms with E-state index < -0.39 is 5.60 Å². The zero-order valence-corrected chi connectivity index (χ0v) is 14.4. The molecule has 0 fully saturated rings. The molecule has 2 rings (SSSR count). The van der Waals surface area contributed by atoms with Gasteiger partial charge in [0.25, 0.3) is 0 Å². The highest BCUT2D eigenvalue weighted by Crippen LogP contribution is 2.29. The van der Waals surface area contributed by atoms with Gasteiger partial charge in [-0.2, -0.15) is 0 Å². The Morgan fingerprint density at radius 3 is 2.52 bits per heavy atom. The Hall–Kier alpha value is -2.29. The summed E-state index contributed by atoms with van der Waals surface area (Å²) in [7, 11) is 0. The summed E-state index contributed by atoms with van der Waals surface area (Å²) in [5.74, 6) is 0. The van der Waals surface area contributed by atoms with Crippen molar-refractivity contribution in [2.45, 2.75) is 39.3 Å². The normalized spacial score (nSPS) is 12.7. The summed E-state index contributed by atoms with van der Waals surface area (Å²) >= 11 is 0. The lowest BCUT2D eigenvalue weighted by molar-refractivity contribution is 0.0201. The van der Waals surface area contributed by atoms with E-state index in [9.17, 15) is 4.79 Å². The molecule has 0 radical (unpaired) electrons. The number of nitrogens with zero attached hydrogens (tertiary/aromatic N) is 1. The molecule has 0 saturated carbocycles. The zero-order chi connectivity index (χ0) is 17.0. The predicted molar refractivity (Wildman–Crippen MR) is 95.5 cm³/mol. The maximum Gasteiger partial charge on any atom is 0.411 e. The first-order chi connectivity index (χ1) is 10.8. The minimum atomic E-state index is -0.519. The van der Waals surface area contributed by atoms with Gasteiger partial charge in [0, 0.05) is 6.54 Å². The maximum atomic E-state index is 12.6. The van der Waals surface area contributed by atoms with Crippen molar-refractivity contribution < 1.29 is 9.53 Å². The molecule has 0 heterocycles. The maximum absolute atomic E-state index is 12.6. The van der Waals surface area contributed by atoms with E-state index in [4.69, 9.17) is 4.74 Å². The first kappa shape index (κ1) is 17.1. The van der Waals surface area contributed by atoms with Crippen molar-refractivity contribution in [2.24, 2.45) is 0 Å². The molecule has 0 aliphatic carbocycles. The lowest BCUT2D eigenvalue weighted by Crippen LogP contribution is -2.38. The summed E-state index contributed by atoms with van der Waals surface area (Å²) in [6.07, 6.45) is 1.41. The minimum Gasteiger partial charge on any atom is -0.444 e. The van der Waals surface area contributed by atoms with E-state index in [1.807, 2.05) is 45.9 Å². The fourth-order valence-corrected chi connectivity index (χ4v) is 2.63. The third-order valence-electron chi connectivity index (χ3n) is 3.69. The van der Waals surface area contributed by atoms with Crippen molar-refractivity contribution in [3.63, 3.8) is 0 Å². The quantitative estimate of drug-likeness (QED) is 0.715. The van der Waals surface area contributed by atoms with Crippen LogP contribution in [0.3, 0.4) is 0 Å². The average molecular weight is 311 g/mol. The lowest BCUT2D eigenvalue weighted by atomic mass is 9.99. The predicted octanol–water partition coefficient (Wildman–Crippen LogP) is 5.32. The molecule has 0 aromatic heterocycles. The number of ether oxygens (including phenoxy) is 1. The molecule has 23 heavy (non-hydrogen) atoms. The third kappa shape index (κ3) is 4.13. The van der Waals surface area contributed by atoms with Crippen molar-refractivity contribution in [1.82, 2.24) is 4.90 Å².